The number of rotatable bonds is 4. The van der Waals surface area contributed by atoms with Crippen LogP contribution in [0.25, 0.3) is 5.57 Å². The van der Waals surface area contributed by atoms with Crippen LogP contribution in [0, 0.1) is 5.82 Å². The minimum Gasteiger partial charge on any atom is -0.322 e. The van der Waals surface area contributed by atoms with Crippen molar-refractivity contribution in [2.45, 2.75) is 32.9 Å². The molecule has 200 valence electrons. The van der Waals surface area contributed by atoms with Crippen molar-refractivity contribution in [1.82, 2.24) is 4.57 Å². The molecule has 0 saturated carbocycles. The molecule has 2 aliphatic heterocycles. The Morgan fingerprint density at radius 1 is 0.975 bits per heavy atom. The monoisotopic (exact) mass is 552 g/mol. The normalized spacial score (nSPS) is 17.6. The number of anilines is 2. The highest BCUT2D eigenvalue weighted by Gasteiger charge is 2.37. The number of amides is 2. The van der Waals surface area contributed by atoms with E-state index in [4.69, 9.17) is 0 Å². The topological polar surface area (TPSA) is 83.8 Å². The molecule has 40 heavy (non-hydrogen) atoms. The molecule has 9 heteroatoms. The summed E-state index contributed by atoms with van der Waals surface area (Å²) in [4.78, 5) is 48.3. The van der Waals surface area contributed by atoms with E-state index < -0.39 is 23.3 Å². The first-order valence-corrected chi connectivity index (χ1v) is 13.7. The van der Waals surface area contributed by atoms with Crippen LogP contribution in [-0.2, 0) is 9.59 Å². The SMILES string of the molecule is CC1=C(C(=O)Nc2ccccc2)[C@H](c2ccc(F)cc2)n2c(s/c(=C3/C(=O)N(C(C)C)c4ccccc43)c2=O)=N1. The Morgan fingerprint density at radius 3 is 2.35 bits per heavy atom. The number of allylic oxidation sites excluding steroid dienone is 1. The Bertz CT molecular complexity index is 1890. The summed E-state index contributed by atoms with van der Waals surface area (Å²) < 4.78 is 15.6. The highest BCUT2D eigenvalue weighted by molar-refractivity contribution is 7.07. The zero-order valence-corrected chi connectivity index (χ0v) is 22.8. The standard InChI is InChI=1S/C31H25FN4O3S/c1-17(2)35-23-12-8-7-11-22(23)25(29(35)38)27-30(39)36-26(19-13-15-20(32)16-14-19)24(18(3)33-31(36)40-27)28(37)34-21-9-5-4-6-10-21/h4-17,26H,1-3H3,(H,34,37)/b27-25+/t26-/m0/s1. The van der Waals surface area contributed by atoms with Gasteiger partial charge in [0.25, 0.3) is 17.4 Å². The Hall–Kier alpha value is -4.63. The van der Waals surface area contributed by atoms with E-state index in [2.05, 4.69) is 10.3 Å². The molecule has 0 saturated heterocycles. The summed E-state index contributed by atoms with van der Waals surface area (Å²) in [7, 11) is 0. The van der Waals surface area contributed by atoms with Gasteiger partial charge in [0.15, 0.2) is 4.80 Å². The second-order valence-corrected chi connectivity index (χ2v) is 10.9. The molecule has 1 N–H and O–H groups in total. The summed E-state index contributed by atoms with van der Waals surface area (Å²) in [6.07, 6.45) is 0. The second kappa shape index (κ2) is 9.84. The Balaban J connectivity index is 1.59. The van der Waals surface area contributed by atoms with Crippen LogP contribution in [0.4, 0.5) is 15.8 Å². The van der Waals surface area contributed by atoms with Gasteiger partial charge in [0.1, 0.15) is 10.3 Å². The maximum absolute atomic E-state index is 14.2. The van der Waals surface area contributed by atoms with Gasteiger partial charge in [-0.15, -0.1) is 0 Å². The lowest BCUT2D eigenvalue weighted by Gasteiger charge is -2.25. The molecule has 1 atom stereocenters. The van der Waals surface area contributed by atoms with Crippen LogP contribution in [0.3, 0.4) is 0 Å². The molecule has 0 unspecified atom stereocenters. The molecule has 1 aromatic heterocycles. The molecular formula is C31H25FN4O3S. The first-order chi connectivity index (χ1) is 19.3. The highest BCUT2D eigenvalue weighted by atomic mass is 32.1. The quantitative estimate of drug-likeness (QED) is 0.413. The smallest absolute Gasteiger partial charge is 0.271 e. The number of thiazole rings is 1. The third-order valence-electron chi connectivity index (χ3n) is 7.07. The maximum Gasteiger partial charge on any atom is 0.271 e. The summed E-state index contributed by atoms with van der Waals surface area (Å²) in [5.74, 6) is -1.11. The molecule has 0 aliphatic carbocycles. The molecule has 0 radical (unpaired) electrons. The molecule has 2 amide bonds. The number of para-hydroxylation sites is 2. The van der Waals surface area contributed by atoms with E-state index in [1.165, 1.54) is 16.7 Å². The van der Waals surface area contributed by atoms with E-state index in [9.17, 15) is 18.8 Å². The number of nitrogens with one attached hydrogen (secondary N) is 1. The summed E-state index contributed by atoms with van der Waals surface area (Å²) in [6, 6.07) is 21.1. The summed E-state index contributed by atoms with van der Waals surface area (Å²) in [5, 5.41) is 2.89. The molecule has 3 aromatic carbocycles. The average Bonchev–Trinajstić information content (AvgIpc) is 3.41. The zero-order valence-electron chi connectivity index (χ0n) is 22.0. The van der Waals surface area contributed by atoms with Gasteiger partial charge in [-0.2, -0.15) is 0 Å². The Labute approximate surface area is 233 Å². The number of carbonyl (C=O) groups is 2. The van der Waals surface area contributed by atoms with E-state index in [1.807, 2.05) is 44.2 Å². The van der Waals surface area contributed by atoms with Crippen molar-refractivity contribution in [3.8, 4) is 0 Å². The van der Waals surface area contributed by atoms with Crippen LogP contribution >= 0.6 is 11.3 Å². The number of aromatic nitrogens is 1. The number of nitrogens with zero attached hydrogens (tertiary/aromatic N) is 3. The molecule has 0 fully saturated rings. The number of hydrogen-bond acceptors (Lipinski definition) is 5. The van der Waals surface area contributed by atoms with Gasteiger partial charge in [0, 0.05) is 17.3 Å². The van der Waals surface area contributed by atoms with E-state index in [1.54, 1.807) is 48.2 Å². The minimum atomic E-state index is -0.872. The van der Waals surface area contributed by atoms with Crippen molar-refractivity contribution in [3.05, 3.63) is 127 Å². The molecule has 2 aliphatic rings. The van der Waals surface area contributed by atoms with Gasteiger partial charge in [-0.3, -0.25) is 19.0 Å². The van der Waals surface area contributed by atoms with Gasteiger partial charge in [0.2, 0.25) is 0 Å². The lowest BCUT2D eigenvalue weighted by Crippen LogP contribution is -2.41. The van der Waals surface area contributed by atoms with Crippen molar-refractivity contribution in [2.75, 3.05) is 10.2 Å². The van der Waals surface area contributed by atoms with Gasteiger partial charge in [-0.1, -0.05) is 59.9 Å². The lowest BCUT2D eigenvalue weighted by molar-refractivity contribution is -0.114. The molecule has 4 aromatic rings. The predicted molar refractivity (Wildman–Crippen MR) is 153 cm³/mol. The molecular weight excluding hydrogens is 527 g/mol. The second-order valence-electron chi connectivity index (χ2n) is 9.94. The van der Waals surface area contributed by atoms with Crippen molar-refractivity contribution in [3.63, 3.8) is 0 Å². The van der Waals surface area contributed by atoms with Crippen molar-refractivity contribution in [2.24, 2.45) is 4.99 Å². The third-order valence-corrected chi connectivity index (χ3v) is 8.12. The number of halogens is 1. The largest absolute Gasteiger partial charge is 0.322 e. The van der Waals surface area contributed by atoms with Crippen LogP contribution in [0.1, 0.15) is 37.9 Å². The van der Waals surface area contributed by atoms with Crippen LogP contribution in [0.15, 0.2) is 99.9 Å². The molecule has 6 rings (SSSR count). The molecule has 0 spiro atoms. The van der Waals surface area contributed by atoms with Crippen molar-refractivity contribution >= 4 is 40.1 Å². The van der Waals surface area contributed by atoms with E-state index >= 15 is 0 Å². The average molecular weight is 553 g/mol. The fourth-order valence-corrected chi connectivity index (χ4v) is 6.45. The minimum absolute atomic E-state index is 0.114. The number of benzene rings is 3. The number of hydrogen-bond donors (Lipinski definition) is 1. The van der Waals surface area contributed by atoms with Crippen LogP contribution in [0.5, 0.6) is 0 Å². The first kappa shape index (κ1) is 25.6. The van der Waals surface area contributed by atoms with E-state index in [0.717, 1.165) is 17.0 Å². The van der Waals surface area contributed by atoms with Crippen LogP contribution in [0.2, 0.25) is 0 Å². The third kappa shape index (κ3) is 4.10. The molecule has 7 nitrogen and oxygen atoms in total. The molecule has 3 heterocycles. The van der Waals surface area contributed by atoms with Gasteiger partial charge in [0.05, 0.1) is 28.6 Å². The van der Waals surface area contributed by atoms with Gasteiger partial charge in [-0.05, 0) is 56.7 Å². The van der Waals surface area contributed by atoms with E-state index in [-0.39, 0.29) is 22.1 Å². The summed E-state index contributed by atoms with van der Waals surface area (Å²) >= 11 is 1.12. The van der Waals surface area contributed by atoms with Gasteiger partial charge in [-0.25, -0.2) is 9.38 Å². The van der Waals surface area contributed by atoms with Crippen LogP contribution in [-0.4, -0.2) is 22.4 Å². The molecule has 0 bridgehead atoms. The van der Waals surface area contributed by atoms with Crippen molar-refractivity contribution in [1.29, 1.82) is 0 Å². The lowest BCUT2D eigenvalue weighted by atomic mass is 9.95. The zero-order chi connectivity index (χ0) is 28.1. The number of carbonyl (C=O) groups excluding carboxylic acids is 2. The Morgan fingerprint density at radius 2 is 1.65 bits per heavy atom. The van der Waals surface area contributed by atoms with Gasteiger partial charge < -0.3 is 10.2 Å². The fraction of sp³-hybridized carbons (Fsp3) is 0.161. The maximum atomic E-state index is 14.2. The first-order valence-electron chi connectivity index (χ1n) is 12.9. The van der Waals surface area contributed by atoms with E-state index in [0.29, 0.717) is 32.9 Å². The highest BCUT2D eigenvalue weighted by Crippen LogP contribution is 2.37. The van der Waals surface area contributed by atoms with Crippen molar-refractivity contribution < 1.29 is 14.0 Å². The predicted octanol–water partition coefficient (Wildman–Crippen LogP) is 4.14. The number of fused-ring (bicyclic) bond motifs is 2. The fourth-order valence-electron chi connectivity index (χ4n) is 5.31. The summed E-state index contributed by atoms with van der Waals surface area (Å²) in [6.45, 7) is 5.57. The van der Waals surface area contributed by atoms with Gasteiger partial charge >= 0.3 is 0 Å². The Kier molecular flexibility index (Phi) is 6.31. The summed E-state index contributed by atoms with van der Waals surface area (Å²) in [5.41, 5.74) is 3.16. The van der Waals surface area contributed by atoms with Crippen LogP contribution < -0.4 is 25.1 Å².